The Labute approximate surface area is 99.4 Å². The van der Waals surface area contributed by atoms with Crippen LogP contribution in [0, 0.1) is 5.82 Å². The summed E-state index contributed by atoms with van der Waals surface area (Å²) in [5.41, 5.74) is 5.52. The van der Waals surface area contributed by atoms with Crippen LogP contribution in [0.15, 0.2) is 35.2 Å². The number of rotatable bonds is 2. The van der Waals surface area contributed by atoms with Gasteiger partial charge in [0.05, 0.1) is 23.1 Å². The summed E-state index contributed by atoms with van der Waals surface area (Å²) in [5.74, 6) is 0.664. The average Bonchev–Trinajstić information content (AvgIpc) is 2.24. The average molecular weight is 284 g/mol. The zero-order chi connectivity index (χ0) is 11.5. The second kappa shape index (κ2) is 4.44. The van der Waals surface area contributed by atoms with Crippen LogP contribution in [0.3, 0.4) is 0 Å². The lowest BCUT2D eigenvalue weighted by atomic mass is 10.4. The number of nitrogens with zero attached hydrogens (tertiary/aromatic N) is 2. The summed E-state index contributed by atoms with van der Waals surface area (Å²) in [7, 11) is 0. The van der Waals surface area contributed by atoms with Crippen molar-refractivity contribution in [1.29, 1.82) is 0 Å². The van der Waals surface area contributed by atoms with Crippen molar-refractivity contribution in [2.24, 2.45) is 0 Å². The molecular formula is C10H7BrFN3O. The van der Waals surface area contributed by atoms with E-state index in [0.29, 0.717) is 21.8 Å². The number of aromatic nitrogens is 2. The van der Waals surface area contributed by atoms with Gasteiger partial charge in [-0.25, -0.2) is 9.37 Å². The number of nitrogens with two attached hydrogens (primary N) is 1. The van der Waals surface area contributed by atoms with Gasteiger partial charge < -0.3 is 10.5 Å². The van der Waals surface area contributed by atoms with Crippen LogP contribution in [-0.4, -0.2) is 9.97 Å². The Bertz CT molecular complexity index is 521. The molecule has 2 N–H and O–H groups in total. The molecule has 0 atom stereocenters. The zero-order valence-corrected chi connectivity index (χ0v) is 9.61. The summed E-state index contributed by atoms with van der Waals surface area (Å²) in [4.78, 5) is 7.55. The van der Waals surface area contributed by atoms with E-state index in [0.717, 1.165) is 6.20 Å². The molecule has 16 heavy (non-hydrogen) atoms. The number of halogens is 2. The monoisotopic (exact) mass is 283 g/mol. The van der Waals surface area contributed by atoms with Gasteiger partial charge in [-0.1, -0.05) is 0 Å². The van der Waals surface area contributed by atoms with Crippen molar-refractivity contribution >= 4 is 21.7 Å². The minimum Gasteiger partial charge on any atom is -0.454 e. The molecule has 2 aromatic heterocycles. The molecule has 0 bridgehead atoms. The highest BCUT2D eigenvalue weighted by Crippen LogP contribution is 2.26. The Morgan fingerprint density at radius 1 is 1.19 bits per heavy atom. The molecule has 0 aliphatic carbocycles. The van der Waals surface area contributed by atoms with Crippen LogP contribution in [0.1, 0.15) is 0 Å². The van der Waals surface area contributed by atoms with Crippen LogP contribution < -0.4 is 10.5 Å². The van der Waals surface area contributed by atoms with Crippen LogP contribution >= 0.6 is 15.9 Å². The molecule has 4 nitrogen and oxygen atoms in total. The van der Waals surface area contributed by atoms with Crippen molar-refractivity contribution in [3.63, 3.8) is 0 Å². The SMILES string of the molecule is Nc1ncc(Oc2cncc(F)c2)cc1Br. The Kier molecular flexibility index (Phi) is 3.00. The maximum atomic E-state index is 12.8. The third-order valence-electron chi connectivity index (χ3n) is 1.76. The molecule has 0 aromatic carbocycles. The summed E-state index contributed by atoms with van der Waals surface area (Å²) in [6.07, 6.45) is 3.96. The third kappa shape index (κ3) is 2.46. The Hall–Kier alpha value is -1.69. The van der Waals surface area contributed by atoms with Gasteiger partial charge in [-0.3, -0.25) is 4.98 Å². The first-order chi connectivity index (χ1) is 7.65. The largest absolute Gasteiger partial charge is 0.454 e. The minimum atomic E-state index is -0.458. The van der Waals surface area contributed by atoms with Crippen LogP contribution in [0.2, 0.25) is 0 Å². The first kappa shape index (κ1) is 10.8. The smallest absolute Gasteiger partial charge is 0.148 e. The predicted octanol–water partition coefficient (Wildman–Crippen LogP) is 2.75. The van der Waals surface area contributed by atoms with Gasteiger partial charge in [0.15, 0.2) is 0 Å². The van der Waals surface area contributed by atoms with Gasteiger partial charge >= 0.3 is 0 Å². The van der Waals surface area contributed by atoms with E-state index in [1.165, 1.54) is 18.5 Å². The fourth-order valence-electron chi connectivity index (χ4n) is 1.07. The van der Waals surface area contributed by atoms with Gasteiger partial charge in [0.1, 0.15) is 23.1 Å². The van der Waals surface area contributed by atoms with Crippen molar-refractivity contribution in [3.05, 3.63) is 41.0 Å². The summed E-state index contributed by atoms with van der Waals surface area (Å²) >= 11 is 3.22. The highest BCUT2D eigenvalue weighted by molar-refractivity contribution is 9.10. The number of pyridine rings is 2. The molecule has 0 saturated carbocycles. The van der Waals surface area contributed by atoms with Gasteiger partial charge in [0.25, 0.3) is 0 Å². The van der Waals surface area contributed by atoms with Crippen LogP contribution in [0.25, 0.3) is 0 Å². The van der Waals surface area contributed by atoms with E-state index in [-0.39, 0.29) is 0 Å². The molecule has 0 aliphatic heterocycles. The summed E-state index contributed by atoms with van der Waals surface area (Å²) < 4.78 is 18.8. The van der Waals surface area contributed by atoms with Gasteiger partial charge in [0, 0.05) is 12.1 Å². The van der Waals surface area contributed by atoms with E-state index in [9.17, 15) is 4.39 Å². The molecule has 82 valence electrons. The minimum absolute atomic E-state index is 0.304. The zero-order valence-electron chi connectivity index (χ0n) is 8.02. The van der Waals surface area contributed by atoms with Crippen molar-refractivity contribution in [2.75, 3.05) is 5.73 Å². The molecule has 2 rings (SSSR count). The number of anilines is 1. The fraction of sp³-hybridized carbons (Fsp3) is 0. The number of nitrogen functional groups attached to an aromatic ring is 1. The van der Waals surface area contributed by atoms with E-state index >= 15 is 0 Å². The quantitative estimate of drug-likeness (QED) is 0.921. The number of hydrogen-bond donors (Lipinski definition) is 1. The van der Waals surface area contributed by atoms with Crippen molar-refractivity contribution in [2.45, 2.75) is 0 Å². The lowest BCUT2D eigenvalue weighted by Crippen LogP contribution is -1.93. The normalized spacial score (nSPS) is 10.1. The van der Waals surface area contributed by atoms with Crippen molar-refractivity contribution < 1.29 is 9.13 Å². The van der Waals surface area contributed by atoms with Crippen LogP contribution in [0.5, 0.6) is 11.5 Å². The van der Waals surface area contributed by atoms with Gasteiger partial charge in [-0.2, -0.15) is 0 Å². The number of hydrogen-bond acceptors (Lipinski definition) is 4. The molecule has 0 fully saturated rings. The highest BCUT2D eigenvalue weighted by Gasteiger charge is 2.03. The molecule has 0 aliphatic rings. The molecule has 2 heterocycles. The van der Waals surface area contributed by atoms with Crippen LogP contribution in [0.4, 0.5) is 10.2 Å². The summed E-state index contributed by atoms with van der Waals surface area (Å²) in [6, 6.07) is 2.88. The lowest BCUT2D eigenvalue weighted by molar-refractivity contribution is 0.471. The van der Waals surface area contributed by atoms with Gasteiger partial charge in [-0.05, 0) is 15.9 Å². The molecule has 0 spiro atoms. The van der Waals surface area contributed by atoms with Crippen molar-refractivity contribution in [3.8, 4) is 11.5 Å². The van der Waals surface area contributed by atoms with E-state index in [1.54, 1.807) is 6.07 Å². The fourth-order valence-corrected chi connectivity index (χ4v) is 1.40. The van der Waals surface area contributed by atoms with Crippen molar-refractivity contribution in [1.82, 2.24) is 9.97 Å². The Balaban J connectivity index is 2.24. The van der Waals surface area contributed by atoms with E-state index in [1.807, 2.05) is 0 Å². The van der Waals surface area contributed by atoms with Gasteiger partial charge in [0.2, 0.25) is 0 Å². The predicted molar refractivity (Wildman–Crippen MR) is 60.6 cm³/mol. The van der Waals surface area contributed by atoms with E-state index in [2.05, 4.69) is 25.9 Å². The second-order valence-electron chi connectivity index (χ2n) is 2.98. The standard InChI is InChI=1S/C10H7BrFN3O/c11-9-2-8(5-15-10(9)13)16-7-1-6(12)3-14-4-7/h1-5H,(H2,13,15). The topological polar surface area (TPSA) is 61.0 Å². The lowest BCUT2D eigenvalue weighted by Gasteiger charge is -2.05. The molecular weight excluding hydrogens is 277 g/mol. The van der Waals surface area contributed by atoms with Crippen LogP contribution in [-0.2, 0) is 0 Å². The molecule has 2 aromatic rings. The maximum Gasteiger partial charge on any atom is 0.148 e. The summed E-state index contributed by atoms with van der Waals surface area (Å²) in [5, 5.41) is 0. The first-order valence-electron chi connectivity index (χ1n) is 4.34. The molecule has 0 amide bonds. The Morgan fingerprint density at radius 2 is 1.94 bits per heavy atom. The Morgan fingerprint density at radius 3 is 2.62 bits per heavy atom. The maximum absolute atomic E-state index is 12.8. The molecule has 0 radical (unpaired) electrons. The highest BCUT2D eigenvalue weighted by atomic mass is 79.9. The van der Waals surface area contributed by atoms with E-state index in [4.69, 9.17) is 10.5 Å². The van der Waals surface area contributed by atoms with Gasteiger partial charge in [-0.15, -0.1) is 0 Å². The third-order valence-corrected chi connectivity index (χ3v) is 2.40. The molecule has 0 saturated heterocycles. The summed E-state index contributed by atoms with van der Waals surface area (Å²) in [6.45, 7) is 0. The molecule has 0 unspecified atom stereocenters. The van der Waals surface area contributed by atoms with E-state index < -0.39 is 5.82 Å². The second-order valence-corrected chi connectivity index (χ2v) is 3.83. The molecule has 6 heteroatoms. The first-order valence-corrected chi connectivity index (χ1v) is 5.14. The number of ether oxygens (including phenoxy) is 1.